The second kappa shape index (κ2) is 9.77. The highest BCUT2D eigenvalue weighted by atomic mass is 16.7. The normalized spacial score (nSPS) is 23.9. The lowest BCUT2D eigenvalue weighted by Crippen LogP contribution is -2.52. The zero-order valence-corrected chi connectivity index (χ0v) is 23.7. The Labute approximate surface area is 239 Å². The number of rotatable bonds is 4. The van der Waals surface area contributed by atoms with Gasteiger partial charge in [-0.2, -0.15) is 0 Å². The average Bonchev–Trinajstić information content (AvgIpc) is 3.58. The lowest BCUT2D eigenvalue weighted by atomic mass is 9.73. The second-order valence-corrected chi connectivity index (χ2v) is 11.6. The van der Waals surface area contributed by atoms with Crippen LogP contribution in [0.2, 0.25) is 0 Å². The Morgan fingerprint density at radius 1 is 0.854 bits per heavy atom. The molecule has 0 spiro atoms. The highest BCUT2D eigenvalue weighted by Gasteiger charge is 2.52. The molecule has 4 atom stereocenters. The quantitative estimate of drug-likeness (QED) is 0.304. The van der Waals surface area contributed by atoms with Gasteiger partial charge in [-0.3, -0.25) is 4.90 Å². The molecule has 1 fully saturated rings. The van der Waals surface area contributed by atoms with E-state index in [1.807, 2.05) is 70.2 Å². The number of nitrogens with zero attached hydrogens (tertiary/aromatic N) is 1. The maximum absolute atomic E-state index is 13.8. The summed E-state index contributed by atoms with van der Waals surface area (Å²) in [6.07, 6.45) is 1.43. The smallest absolute Gasteiger partial charge is 0.339 e. The molecule has 3 aliphatic heterocycles. The first kappa shape index (κ1) is 25.8. The molecule has 3 aromatic carbocycles. The van der Waals surface area contributed by atoms with E-state index in [9.17, 15) is 9.59 Å². The minimum absolute atomic E-state index is 0.0509. The molecule has 1 aliphatic carbocycles. The van der Waals surface area contributed by atoms with Crippen molar-refractivity contribution < 1.29 is 28.5 Å². The minimum Gasteiger partial charge on any atom is -0.454 e. The highest BCUT2D eigenvalue weighted by molar-refractivity contribution is 5.92. The molecule has 7 rings (SSSR count). The van der Waals surface area contributed by atoms with Crippen LogP contribution in [0.15, 0.2) is 60.2 Å². The van der Waals surface area contributed by atoms with Gasteiger partial charge in [-0.15, -0.1) is 0 Å². The number of benzene rings is 3. The third-order valence-corrected chi connectivity index (χ3v) is 9.36. The van der Waals surface area contributed by atoms with Crippen LogP contribution >= 0.6 is 0 Å². The number of aryl methyl sites for hydroxylation is 2. The average molecular weight is 552 g/mol. The molecule has 3 heterocycles. The van der Waals surface area contributed by atoms with Crippen molar-refractivity contribution in [1.29, 1.82) is 0 Å². The largest absolute Gasteiger partial charge is 0.454 e. The summed E-state index contributed by atoms with van der Waals surface area (Å²) >= 11 is 0. The van der Waals surface area contributed by atoms with Crippen LogP contribution in [0.3, 0.4) is 0 Å². The van der Waals surface area contributed by atoms with Crippen molar-refractivity contribution in [2.75, 3.05) is 13.3 Å². The van der Waals surface area contributed by atoms with Crippen LogP contribution in [-0.4, -0.2) is 48.4 Å². The predicted octanol–water partition coefficient (Wildman–Crippen LogP) is 5.71. The summed E-state index contributed by atoms with van der Waals surface area (Å²) < 4.78 is 24.1. The first-order valence-electron chi connectivity index (χ1n) is 14.2. The lowest BCUT2D eigenvalue weighted by Gasteiger charge is -2.46. The molecule has 0 N–H and O–H groups in total. The van der Waals surface area contributed by atoms with Gasteiger partial charge in [-0.25, -0.2) is 9.59 Å². The van der Waals surface area contributed by atoms with E-state index in [2.05, 4.69) is 4.90 Å². The number of ether oxygens (including phenoxy) is 4. The van der Waals surface area contributed by atoms with E-state index in [1.54, 1.807) is 12.1 Å². The second-order valence-electron chi connectivity index (χ2n) is 11.6. The molecule has 0 aromatic heterocycles. The molecule has 41 heavy (non-hydrogen) atoms. The summed E-state index contributed by atoms with van der Waals surface area (Å²) in [6, 6.07) is 15.4. The number of hydrogen-bond donors (Lipinski definition) is 0. The minimum atomic E-state index is -0.746. The van der Waals surface area contributed by atoms with Gasteiger partial charge in [0, 0.05) is 25.0 Å². The molecule has 0 bridgehead atoms. The van der Waals surface area contributed by atoms with E-state index in [1.165, 1.54) is 5.57 Å². The van der Waals surface area contributed by atoms with Crippen LogP contribution in [-0.2, 0) is 16.0 Å². The zero-order chi connectivity index (χ0) is 28.4. The van der Waals surface area contributed by atoms with Gasteiger partial charge in [-0.05, 0) is 97.8 Å². The molecule has 7 nitrogen and oxygen atoms in total. The third-order valence-electron chi connectivity index (χ3n) is 9.36. The van der Waals surface area contributed by atoms with E-state index < -0.39 is 24.1 Å². The van der Waals surface area contributed by atoms with Crippen molar-refractivity contribution in [3.05, 3.63) is 105 Å². The maximum Gasteiger partial charge on any atom is 0.339 e. The van der Waals surface area contributed by atoms with Gasteiger partial charge in [-0.1, -0.05) is 29.8 Å². The van der Waals surface area contributed by atoms with Crippen molar-refractivity contribution in [2.24, 2.45) is 0 Å². The van der Waals surface area contributed by atoms with E-state index in [0.717, 1.165) is 58.6 Å². The molecule has 0 saturated carbocycles. The molecule has 0 unspecified atom stereocenters. The Hall–Kier alpha value is -4.10. The zero-order valence-electron chi connectivity index (χ0n) is 23.7. The number of carbonyl (C=O) groups excluding carboxylic acids is 2. The van der Waals surface area contributed by atoms with Gasteiger partial charge < -0.3 is 18.9 Å². The summed E-state index contributed by atoms with van der Waals surface area (Å²) in [5.41, 5.74) is 8.21. The van der Waals surface area contributed by atoms with E-state index in [4.69, 9.17) is 18.9 Å². The van der Waals surface area contributed by atoms with Crippen molar-refractivity contribution in [2.45, 2.75) is 64.8 Å². The van der Waals surface area contributed by atoms with E-state index >= 15 is 0 Å². The first-order valence-corrected chi connectivity index (χ1v) is 14.2. The topological polar surface area (TPSA) is 74.3 Å². The van der Waals surface area contributed by atoms with Crippen LogP contribution < -0.4 is 9.47 Å². The Kier molecular flexibility index (Phi) is 6.16. The molecule has 3 aromatic rings. The van der Waals surface area contributed by atoms with Gasteiger partial charge in [0.15, 0.2) is 23.7 Å². The predicted molar refractivity (Wildman–Crippen MR) is 152 cm³/mol. The Bertz CT molecular complexity index is 1620. The van der Waals surface area contributed by atoms with Crippen LogP contribution in [0.1, 0.15) is 66.4 Å². The Balaban J connectivity index is 1.32. The number of fused-ring (bicyclic) bond motifs is 3. The van der Waals surface area contributed by atoms with E-state index in [0.29, 0.717) is 16.9 Å². The third kappa shape index (κ3) is 4.22. The fourth-order valence-electron chi connectivity index (χ4n) is 6.87. The molecule has 4 aliphatic rings. The molecule has 210 valence electrons. The summed E-state index contributed by atoms with van der Waals surface area (Å²) in [5, 5.41) is 0. The van der Waals surface area contributed by atoms with Gasteiger partial charge in [0.25, 0.3) is 0 Å². The summed E-state index contributed by atoms with van der Waals surface area (Å²) in [4.78, 5) is 29.8. The van der Waals surface area contributed by atoms with Crippen molar-refractivity contribution in [1.82, 2.24) is 4.90 Å². The van der Waals surface area contributed by atoms with Crippen molar-refractivity contribution >= 4 is 11.9 Å². The Morgan fingerprint density at radius 2 is 1.49 bits per heavy atom. The van der Waals surface area contributed by atoms with Crippen LogP contribution in [0.5, 0.6) is 11.5 Å². The van der Waals surface area contributed by atoms with Gasteiger partial charge in [0.2, 0.25) is 6.79 Å². The summed E-state index contributed by atoms with van der Waals surface area (Å²) in [6.45, 7) is 9.65. The fraction of sp³-hybridized carbons (Fsp3) is 0.353. The van der Waals surface area contributed by atoms with Gasteiger partial charge in [0.1, 0.15) is 0 Å². The standard InChI is InChI=1S/C34H33NO6/c1-18-7-5-9-24(20(18)3)33(36)40-29-13-22-11-12-35-16-23-14-27-28(39-17-38-27)15-26(23)30(31(22)35)32(29)41-34(37)25-10-6-8-19(2)21(25)4/h5-10,13-15,29-32H,11-12,16-17H2,1-4H3/t29-,30-,31+,32+/m0/s1. The molecule has 0 amide bonds. The van der Waals surface area contributed by atoms with E-state index in [-0.39, 0.29) is 18.8 Å². The number of esters is 2. The van der Waals surface area contributed by atoms with Gasteiger partial charge >= 0.3 is 11.9 Å². The van der Waals surface area contributed by atoms with Gasteiger partial charge in [0.05, 0.1) is 11.1 Å². The summed E-state index contributed by atoms with van der Waals surface area (Å²) in [7, 11) is 0. The van der Waals surface area contributed by atoms with Crippen LogP contribution in [0.4, 0.5) is 0 Å². The molecule has 0 radical (unpaired) electrons. The summed E-state index contributed by atoms with van der Waals surface area (Å²) in [5.74, 6) is 0.347. The number of carbonyl (C=O) groups is 2. The highest BCUT2D eigenvalue weighted by Crippen LogP contribution is 2.51. The maximum atomic E-state index is 13.8. The Morgan fingerprint density at radius 3 is 2.17 bits per heavy atom. The molecular formula is C34H33NO6. The number of hydrogen-bond acceptors (Lipinski definition) is 7. The molecule has 7 heteroatoms. The molecule has 1 saturated heterocycles. The SMILES string of the molecule is Cc1cccc(C(=O)O[C@H]2[C@H]3c4cc5c(cc4CN4CCC(=C[C@@H]2OC(=O)c2cccc(C)c2C)[C@H]34)OCO5)c1C. The van der Waals surface area contributed by atoms with Crippen LogP contribution in [0, 0.1) is 27.7 Å². The van der Waals surface area contributed by atoms with Crippen molar-refractivity contribution in [3.8, 4) is 11.5 Å². The first-order chi connectivity index (χ1) is 19.8. The fourth-order valence-corrected chi connectivity index (χ4v) is 6.87. The molecular weight excluding hydrogens is 518 g/mol. The lowest BCUT2D eigenvalue weighted by molar-refractivity contribution is -0.0444. The van der Waals surface area contributed by atoms with Crippen molar-refractivity contribution in [3.63, 3.8) is 0 Å². The van der Waals surface area contributed by atoms with Crippen LogP contribution in [0.25, 0.3) is 0 Å². The monoisotopic (exact) mass is 551 g/mol.